The van der Waals surface area contributed by atoms with E-state index in [0.717, 1.165) is 17.5 Å². The number of rotatable bonds is 2. The molecule has 1 rings (SSSR count). The highest BCUT2D eigenvalue weighted by atomic mass is 32.2. The van der Waals surface area contributed by atoms with Gasteiger partial charge in [-0.15, -0.1) is 0 Å². The summed E-state index contributed by atoms with van der Waals surface area (Å²) in [7, 11) is -3.55. The quantitative estimate of drug-likeness (QED) is 0.778. The van der Waals surface area contributed by atoms with Crippen molar-refractivity contribution in [3.05, 3.63) is 29.3 Å². The molecule has 0 aliphatic rings. The third kappa shape index (κ3) is 2.29. The van der Waals surface area contributed by atoms with Crippen LogP contribution in [0, 0.1) is 6.92 Å². The molecule has 0 heterocycles. The number of benzene rings is 1. The van der Waals surface area contributed by atoms with Gasteiger partial charge in [-0.1, -0.05) is 13.0 Å². The molecule has 0 amide bonds. The molecule has 72 valence electrons. The third-order valence-electron chi connectivity index (χ3n) is 2.02. The van der Waals surface area contributed by atoms with Crippen molar-refractivity contribution in [3.63, 3.8) is 0 Å². The fourth-order valence-electron chi connectivity index (χ4n) is 1.24. The van der Waals surface area contributed by atoms with Crippen LogP contribution >= 0.6 is 0 Å². The average molecular weight is 199 g/mol. The van der Waals surface area contributed by atoms with Crippen LogP contribution in [0.2, 0.25) is 0 Å². The maximum absolute atomic E-state index is 11.0. The predicted octanol–water partition coefficient (Wildman–Crippen LogP) is 1.20. The molecular formula is C9H13NO2S. The molecule has 13 heavy (non-hydrogen) atoms. The van der Waals surface area contributed by atoms with Crippen molar-refractivity contribution in [3.8, 4) is 0 Å². The Morgan fingerprint density at radius 3 is 2.38 bits per heavy atom. The van der Waals surface area contributed by atoms with Gasteiger partial charge in [0.1, 0.15) is 0 Å². The zero-order valence-electron chi connectivity index (χ0n) is 7.74. The molecule has 0 aromatic heterocycles. The molecule has 0 aliphatic heterocycles. The molecule has 2 N–H and O–H groups in total. The Labute approximate surface area is 78.6 Å². The van der Waals surface area contributed by atoms with E-state index >= 15 is 0 Å². The van der Waals surface area contributed by atoms with Gasteiger partial charge in [0.25, 0.3) is 0 Å². The Bertz CT molecular complexity index is 410. The number of aryl methyl sites for hydroxylation is 2. The molecule has 0 saturated carbocycles. The van der Waals surface area contributed by atoms with E-state index in [0.29, 0.717) is 0 Å². The average Bonchev–Trinajstić information content (AvgIpc) is 2.02. The van der Waals surface area contributed by atoms with E-state index in [1.807, 2.05) is 13.8 Å². The third-order valence-corrected chi connectivity index (χ3v) is 2.93. The van der Waals surface area contributed by atoms with Gasteiger partial charge in [0.05, 0.1) is 4.90 Å². The highest BCUT2D eigenvalue weighted by molar-refractivity contribution is 7.89. The van der Waals surface area contributed by atoms with Crippen LogP contribution in [0.5, 0.6) is 0 Å². The standard InChI is InChI=1S/C9H13NO2S/c1-3-8-4-5-9(6-7(8)2)13(10,11)12/h4-6H,3H2,1-2H3,(H2,10,11,12). The number of sulfonamides is 1. The van der Waals surface area contributed by atoms with Crippen LogP contribution in [0.25, 0.3) is 0 Å². The van der Waals surface area contributed by atoms with Crippen LogP contribution in [0.1, 0.15) is 18.1 Å². The summed E-state index contributed by atoms with van der Waals surface area (Å²) in [5.41, 5.74) is 2.11. The Balaban J connectivity index is 3.26. The van der Waals surface area contributed by atoms with Crippen molar-refractivity contribution in [2.24, 2.45) is 5.14 Å². The second kappa shape index (κ2) is 3.47. The smallest absolute Gasteiger partial charge is 0.225 e. The van der Waals surface area contributed by atoms with E-state index in [9.17, 15) is 8.42 Å². The normalized spacial score (nSPS) is 11.6. The lowest BCUT2D eigenvalue weighted by Crippen LogP contribution is -2.12. The van der Waals surface area contributed by atoms with E-state index in [1.54, 1.807) is 18.2 Å². The van der Waals surface area contributed by atoms with Crippen LogP contribution < -0.4 is 5.14 Å². The maximum Gasteiger partial charge on any atom is 0.238 e. The molecule has 1 aromatic rings. The van der Waals surface area contributed by atoms with Gasteiger partial charge >= 0.3 is 0 Å². The topological polar surface area (TPSA) is 60.2 Å². The minimum atomic E-state index is -3.55. The second-order valence-corrected chi connectivity index (χ2v) is 4.55. The van der Waals surface area contributed by atoms with Crippen molar-refractivity contribution in [1.82, 2.24) is 0 Å². The minimum absolute atomic E-state index is 0.183. The molecule has 1 aromatic carbocycles. The summed E-state index contributed by atoms with van der Waals surface area (Å²) in [4.78, 5) is 0.183. The van der Waals surface area contributed by atoms with Gasteiger partial charge in [-0.05, 0) is 36.6 Å². The van der Waals surface area contributed by atoms with Crippen LogP contribution in [0.3, 0.4) is 0 Å². The fraction of sp³-hybridized carbons (Fsp3) is 0.333. The van der Waals surface area contributed by atoms with Crippen molar-refractivity contribution >= 4 is 10.0 Å². The first-order valence-corrected chi connectivity index (χ1v) is 5.62. The summed E-state index contributed by atoms with van der Waals surface area (Å²) in [5, 5.41) is 4.99. The van der Waals surface area contributed by atoms with Crippen molar-refractivity contribution in [1.29, 1.82) is 0 Å². The summed E-state index contributed by atoms with van der Waals surface area (Å²) in [6.07, 6.45) is 0.900. The highest BCUT2D eigenvalue weighted by Crippen LogP contribution is 2.14. The molecule has 0 aliphatic carbocycles. The first-order valence-electron chi connectivity index (χ1n) is 4.07. The van der Waals surface area contributed by atoms with Gasteiger partial charge in [-0.25, -0.2) is 13.6 Å². The predicted molar refractivity (Wildman–Crippen MR) is 51.9 cm³/mol. The molecule has 0 saturated heterocycles. The molecular weight excluding hydrogens is 186 g/mol. The molecule has 0 radical (unpaired) electrons. The van der Waals surface area contributed by atoms with Crippen LogP contribution in [0.4, 0.5) is 0 Å². The van der Waals surface area contributed by atoms with Gasteiger partial charge in [-0.3, -0.25) is 0 Å². The Morgan fingerprint density at radius 1 is 1.38 bits per heavy atom. The zero-order chi connectivity index (χ0) is 10.1. The summed E-state index contributed by atoms with van der Waals surface area (Å²) < 4.78 is 21.9. The van der Waals surface area contributed by atoms with E-state index in [4.69, 9.17) is 5.14 Å². The van der Waals surface area contributed by atoms with E-state index in [-0.39, 0.29) is 4.90 Å². The maximum atomic E-state index is 11.0. The Kier molecular flexibility index (Phi) is 2.73. The van der Waals surface area contributed by atoms with Gasteiger partial charge in [0.15, 0.2) is 0 Å². The summed E-state index contributed by atoms with van der Waals surface area (Å²) in [6, 6.07) is 4.95. The van der Waals surface area contributed by atoms with Crippen LogP contribution in [-0.4, -0.2) is 8.42 Å². The Hall–Kier alpha value is -0.870. The van der Waals surface area contributed by atoms with Crippen molar-refractivity contribution < 1.29 is 8.42 Å². The first-order chi connectivity index (χ1) is 5.95. The molecule has 0 bridgehead atoms. The van der Waals surface area contributed by atoms with Gasteiger partial charge in [0.2, 0.25) is 10.0 Å². The van der Waals surface area contributed by atoms with Gasteiger partial charge in [0, 0.05) is 0 Å². The lowest BCUT2D eigenvalue weighted by atomic mass is 10.1. The number of hydrogen-bond acceptors (Lipinski definition) is 2. The zero-order valence-corrected chi connectivity index (χ0v) is 8.56. The van der Waals surface area contributed by atoms with E-state index < -0.39 is 10.0 Å². The summed E-state index contributed by atoms with van der Waals surface area (Å²) in [5.74, 6) is 0. The molecule has 0 fully saturated rings. The fourth-order valence-corrected chi connectivity index (χ4v) is 1.84. The molecule has 3 nitrogen and oxygen atoms in total. The van der Waals surface area contributed by atoms with Crippen molar-refractivity contribution in [2.75, 3.05) is 0 Å². The monoisotopic (exact) mass is 199 g/mol. The van der Waals surface area contributed by atoms with Crippen LogP contribution in [-0.2, 0) is 16.4 Å². The largest absolute Gasteiger partial charge is 0.238 e. The lowest BCUT2D eigenvalue weighted by molar-refractivity contribution is 0.597. The first kappa shape index (κ1) is 10.2. The number of primary sulfonamides is 1. The molecule has 4 heteroatoms. The number of nitrogens with two attached hydrogens (primary N) is 1. The molecule has 0 unspecified atom stereocenters. The second-order valence-electron chi connectivity index (χ2n) is 2.99. The summed E-state index contributed by atoms with van der Waals surface area (Å²) in [6.45, 7) is 3.91. The Morgan fingerprint density at radius 2 is 2.00 bits per heavy atom. The minimum Gasteiger partial charge on any atom is -0.225 e. The lowest BCUT2D eigenvalue weighted by Gasteiger charge is -2.04. The van der Waals surface area contributed by atoms with Crippen molar-refractivity contribution in [2.45, 2.75) is 25.2 Å². The number of hydrogen-bond donors (Lipinski definition) is 1. The SMILES string of the molecule is CCc1ccc(S(N)(=O)=O)cc1C. The van der Waals surface area contributed by atoms with Crippen LogP contribution in [0.15, 0.2) is 23.1 Å². The van der Waals surface area contributed by atoms with Gasteiger partial charge in [-0.2, -0.15) is 0 Å². The highest BCUT2D eigenvalue weighted by Gasteiger charge is 2.08. The van der Waals surface area contributed by atoms with Gasteiger partial charge < -0.3 is 0 Å². The summed E-state index contributed by atoms with van der Waals surface area (Å²) >= 11 is 0. The van der Waals surface area contributed by atoms with E-state index in [2.05, 4.69) is 0 Å². The van der Waals surface area contributed by atoms with E-state index in [1.165, 1.54) is 0 Å². The molecule has 0 spiro atoms. The molecule has 0 atom stereocenters.